The van der Waals surface area contributed by atoms with Gasteiger partial charge in [0.15, 0.2) is 0 Å². The van der Waals surface area contributed by atoms with Crippen molar-refractivity contribution in [3.05, 3.63) is 52.2 Å². The number of carbonyl (C=O) groups is 2. The van der Waals surface area contributed by atoms with E-state index in [0.717, 1.165) is 0 Å². The molecule has 1 aliphatic rings. The first-order valence-electron chi connectivity index (χ1n) is 8.66. The molecule has 1 saturated heterocycles. The number of hydrogen-bond donors (Lipinski definition) is 0. The Morgan fingerprint density at radius 2 is 1.93 bits per heavy atom. The monoisotopic (exact) mass is 413 g/mol. The molecule has 1 aromatic carbocycles. The van der Waals surface area contributed by atoms with E-state index in [0.29, 0.717) is 36.4 Å². The van der Waals surface area contributed by atoms with Crippen molar-refractivity contribution in [3.63, 3.8) is 0 Å². The largest absolute Gasteiger partial charge is 0.573 e. The van der Waals surface area contributed by atoms with Gasteiger partial charge >= 0.3 is 12.3 Å². The van der Waals surface area contributed by atoms with Crippen molar-refractivity contribution in [2.75, 3.05) is 13.1 Å². The molecule has 2 heterocycles. The zero-order valence-electron chi connectivity index (χ0n) is 14.8. The summed E-state index contributed by atoms with van der Waals surface area (Å²) in [6, 6.07) is 8.70. The van der Waals surface area contributed by atoms with Crippen LogP contribution in [-0.2, 0) is 16.1 Å². The van der Waals surface area contributed by atoms with E-state index in [1.807, 2.05) is 5.38 Å². The Balaban J connectivity index is 1.51. The number of hydrogen-bond acceptors (Lipinski definition) is 5. The number of piperidine rings is 1. The summed E-state index contributed by atoms with van der Waals surface area (Å²) in [5.74, 6) is -1.25. The van der Waals surface area contributed by atoms with E-state index in [2.05, 4.69) is 4.74 Å². The highest BCUT2D eigenvalue weighted by atomic mass is 32.1. The molecule has 0 radical (unpaired) electrons. The molecule has 9 heteroatoms. The normalized spacial score (nSPS) is 17.2. The second kappa shape index (κ2) is 8.64. The third kappa shape index (κ3) is 5.48. The summed E-state index contributed by atoms with van der Waals surface area (Å²) < 4.78 is 45.6. The first-order chi connectivity index (χ1) is 13.3. The van der Waals surface area contributed by atoms with Gasteiger partial charge < -0.3 is 14.4 Å². The molecule has 1 amide bonds. The number of esters is 1. The molecule has 1 unspecified atom stereocenters. The quantitative estimate of drug-likeness (QED) is 0.688. The molecule has 0 bridgehead atoms. The number of halogens is 3. The molecule has 3 rings (SSSR count). The Kier molecular flexibility index (Phi) is 6.23. The van der Waals surface area contributed by atoms with Gasteiger partial charge in [0.1, 0.15) is 12.4 Å². The molecule has 5 nitrogen and oxygen atoms in total. The van der Waals surface area contributed by atoms with Crippen molar-refractivity contribution in [2.45, 2.75) is 25.8 Å². The first-order valence-corrected chi connectivity index (χ1v) is 9.54. The number of ether oxygens (including phenoxy) is 2. The van der Waals surface area contributed by atoms with E-state index in [9.17, 15) is 22.8 Å². The molecule has 0 N–H and O–H groups in total. The second-order valence-corrected chi connectivity index (χ2v) is 7.31. The summed E-state index contributed by atoms with van der Waals surface area (Å²) in [5.41, 5.74) is 0.546. The predicted molar refractivity (Wildman–Crippen MR) is 95.9 cm³/mol. The summed E-state index contributed by atoms with van der Waals surface area (Å²) in [4.78, 5) is 27.1. The van der Waals surface area contributed by atoms with Crippen LogP contribution in [0.4, 0.5) is 13.2 Å². The summed E-state index contributed by atoms with van der Waals surface area (Å²) in [5, 5.41) is 1.83. The van der Waals surface area contributed by atoms with Crippen molar-refractivity contribution in [1.29, 1.82) is 0 Å². The van der Waals surface area contributed by atoms with Crippen molar-refractivity contribution in [1.82, 2.24) is 4.90 Å². The van der Waals surface area contributed by atoms with Gasteiger partial charge in [-0.3, -0.25) is 9.59 Å². The van der Waals surface area contributed by atoms with Crippen LogP contribution in [0.1, 0.15) is 28.1 Å². The number of alkyl halides is 3. The SMILES string of the molecule is O=C(OCc1ccc(OC(F)(F)F)cc1)C1CCCN(C(=O)c2cccs2)C1. The predicted octanol–water partition coefficient (Wildman–Crippen LogP) is 4.24. The fraction of sp³-hybridized carbons (Fsp3) is 0.368. The molecule has 2 aromatic rings. The topological polar surface area (TPSA) is 55.8 Å². The molecule has 1 atom stereocenters. The molecule has 0 spiro atoms. The summed E-state index contributed by atoms with van der Waals surface area (Å²) in [6.07, 6.45) is -3.41. The van der Waals surface area contributed by atoms with E-state index in [4.69, 9.17) is 4.74 Å². The van der Waals surface area contributed by atoms with Crippen molar-refractivity contribution < 1.29 is 32.2 Å². The lowest BCUT2D eigenvalue weighted by molar-refractivity contribution is -0.274. The number of carbonyl (C=O) groups excluding carboxylic acids is 2. The van der Waals surface area contributed by atoms with Crippen LogP contribution < -0.4 is 4.74 Å². The average molecular weight is 413 g/mol. The smallest absolute Gasteiger partial charge is 0.461 e. The van der Waals surface area contributed by atoms with Crippen molar-refractivity contribution >= 4 is 23.2 Å². The molecule has 1 aromatic heterocycles. The number of amides is 1. The standard InChI is InChI=1S/C19H18F3NO4S/c20-19(21,22)27-15-7-5-13(6-8-15)12-26-18(25)14-3-1-9-23(11-14)17(24)16-4-2-10-28-16/h2,4-8,10,14H,1,3,9,11-12H2. The van der Waals surface area contributed by atoms with Gasteiger partial charge in [-0.1, -0.05) is 18.2 Å². The second-order valence-electron chi connectivity index (χ2n) is 6.37. The van der Waals surface area contributed by atoms with Crippen molar-refractivity contribution in [3.8, 4) is 5.75 Å². The molecule has 0 aliphatic carbocycles. The van der Waals surface area contributed by atoms with Gasteiger partial charge in [0, 0.05) is 13.1 Å². The lowest BCUT2D eigenvalue weighted by Crippen LogP contribution is -2.42. The highest BCUT2D eigenvalue weighted by molar-refractivity contribution is 7.12. The van der Waals surface area contributed by atoms with E-state index >= 15 is 0 Å². The number of nitrogens with zero attached hydrogens (tertiary/aromatic N) is 1. The maximum absolute atomic E-state index is 12.4. The fourth-order valence-corrected chi connectivity index (χ4v) is 3.66. The van der Waals surface area contributed by atoms with Crippen LogP contribution in [0.3, 0.4) is 0 Å². The van der Waals surface area contributed by atoms with Crippen LogP contribution in [0.15, 0.2) is 41.8 Å². The van der Waals surface area contributed by atoms with Gasteiger partial charge in [-0.2, -0.15) is 0 Å². The summed E-state index contributed by atoms with van der Waals surface area (Å²) >= 11 is 1.36. The summed E-state index contributed by atoms with van der Waals surface area (Å²) in [7, 11) is 0. The van der Waals surface area contributed by atoms with Crippen LogP contribution in [0.2, 0.25) is 0 Å². The first kappa shape index (κ1) is 20.2. The van der Waals surface area contributed by atoms with E-state index in [1.165, 1.54) is 35.6 Å². The molecule has 150 valence electrons. The third-order valence-electron chi connectivity index (χ3n) is 4.31. The number of likely N-dealkylation sites (tertiary alicyclic amines) is 1. The Labute approximate surface area is 163 Å². The highest BCUT2D eigenvalue weighted by Crippen LogP contribution is 2.24. The summed E-state index contributed by atoms with van der Waals surface area (Å²) in [6.45, 7) is 0.843. The molecular weight excluding hydrogens is 395 g/mol. The van der Waals surface area contributed by atoms with E-state index in [1.54, 1.807) is 17.0 Å². The maximum atomic E-state index is 12.4. The minimum absolute atomic E-state index is 0.0551. The van der Waals surface area contributed by atoms with Gasteiger partial charge in [0.2, 0.25) is 0 Å². The lowest BCUT2D eigenvalue weighted by Gasteiger charge is -2.31. The van der Waals surface area contributed by atoms with Crippen LogP contribution in [0, 0.1) is 5.92 Å². The van der Waals surface area contributed by atoms with Gasteiger partial charge in [0.25, 0.3) is 5.91 Å². The van der Waals surface area contributed by atoms with Crippen LogP contribution >= 0.6 is 11.3 Å². The average Bonchev–Trinajstić information content (AvgIpc) is 3.20. The molecule has 1 aliphatic heterocycles. The molecule has 0 saturated carbocycles. The Hall–Kier alpha value is -2.55. The van der Waals surface area contributed by atoms with Gasteiger partial charge in [0.05, 0.1) is 10.8 Å². The van der Waals surface area contributed by atoms with Crippen LogP contribution in [-0.4, -0.2) is 36.2 Å². The zero-order valence-corrected chi connectivity index (χ0v) is 15.6. The Morgan fingerprint density at radius 1 is 1.18 bits per heavy atom. The van der Waals surface area contributed by atoms with Gasteiger partial charge in [-0.15, -0.1) is 24.5 Å². The van der Waals surface area contributed by atoms with E-state index < -0.39 is 18.2 Å². The third-order valence-corrected chi connectivity index (χ3v) is 5.17. The lowest BCUT2D eigenvalue weighted by atomic mass is 9.98. The van der Waals surface area contributed by atoms with E-state index in [-0.39, 0.29) is 18.3 Å². The number of thiophene rings is 1. The van der Waals surface area contributed by atoms with Gasteiger partial charge in [-0.05, 0) is 42.0 Å². The Morgan fingerprint density at radius 3 is 2.57 bits per heavy atom. The minimum Gasteiger partial charge on any atom is -0.461 e. The van der Waals surface area contributed by atoms with Crippen LogP contribution in [0.5, 0.6) is 5.75 Å². The minimum atomic E-state index is -4.75. The number of rotatable bonds is 5. The zero-order chi connectivity index (χ0) is 20.1. The van der Waals surface area contributed by atoms with Crippen LogP contribution in [0.25, 0.3) is 0 Å². The maximum Gasteiger partial charge on any atom is 0.573 e. The number of benzene rings is 1. The highest BCUT2D eigenvalue weighted by Gasteiger charge is 2.31. The Bertz CT molecular complexity index is 806. The fourth-order valence-electron chi connectivity index (χ4n) is 2.97. The van der Waals surface area contributed by atoms with Crippen molar-refractivity contribution in [2.24, 2.45) is 5.92 Å². The molecular formula is C19H18F3NO4S. The molecule has 28 heavy (non-hydrogen) atoms. The molecule has 1 fully saturated rings. The van der Waals surface area contributed by atoms with Gasteiger partial charge in [-0.25, -0.2) is 0 Å².